The molecule has 0 radical (unpaired) electrons. The first-order valence-corrected chi connectivity index (χ1v) is 11.4. The fourth-order valence-corrected chi connectivity index (χ4v) is 3.79. The number of halogens is 5. The monoisotopic (exact) mass is 510 g/mol. The lowest BCUT2D eigenvalue weighted by molar-refractivity contribution is -0.144. The molecule has 35 heavy (non-hydrogen) atoms. The third kappa shape index (κ3) is 5.99. The molecule has 1 N–H and O–H groups in total. The highest BCUT2D eigenvalue weighted by Gasteiger charge is 2.41. The molecule has 0 aliphatic heterocycles. The number of carbonyl (C=O) groups excluding carboxylic acids is 1. The van der Waals surface area contributed by atoms with E-state index in [2.05, 4.69) is 5.32 Å². The number of hydrogen-bond acceptors (Lipinski definition) is 2. The molecule has 0 unspecified atom stereocenters. The lowest BCUT2D eigenvalue weighted by atomic mass is 9.88. The van der Waals surface area contributed by atoms with Crippen LogP contribution in [0.1, 0.15) is 44.5 Å². The van der Waals surface area contributed by atoms with E-state index in [0.29, 0.717) is 5.56 Å². The van der Waals surface area contributed by atoms with Crippen LogP contribution < -0.4 is 10.1 Å². The van der Waals surface area contributed by atoms with E-state index in [4.69, 9.17) is 16.3 Å². The number of rotatable bonds is 5. The Balaban J connectivity index is 2.24. The van der Waals surface area contributed by atoms with Crippen LogP contribution in [0, 0.1) is 18.2 Å². The molecule has 3 rings (SSSR count). The molecule has 2 aromatic carbocycles. The SMILES string of the molecule is Cc1c(-c2ccc(Cl)cc2F)c(OC(=O)N[C@H](C)C(C)(C)C)n(Cc2ccccc2)c1C(F)(F)F. The number of nitrogens with zero attached hydrogens (tertiary/aromatic N) is 1. The summed E-state index contributed by atoms with van der Waals surface area (Å²) in [6, 6.07) is 11.7. The number of nitrogens with one attached hydrogen (secondary N) is 1. The molecule has 1 heterocycles. The van der Waals surface area contributed by atoms with Crippen LogP contribution in [0.5, 0.6) is 5.88 Å². The molecule has 0 bridgehead atoms. The van der Waals surface area contributed by atoms with E-state index in [0.717, 1.165) is 10.6 Å². The smallest absolute Gasteiger partial charge is 0.392 e. The van der Waals surface area contributed by atoms with E-state index in [-0.39, 0.29) is 39.7 Å². The Bertz CT molecular complexity index is 1210. The van der Waals surface area contributed by atoms with Crippen molar-refractivity contribution in [3.63, 3.8) is 0 Å². The van der Waals surface area contributed by atoms with Crippen LogP contribution in [0.3, 0.4) is 0 Å². The number of carbonyl (C=O) groups is 1. The number of aromatic nitrogens is 1. The Labute approximate surface area is 206 Å². The summed E-state index contributed by atoms with van der Waals surface area (Å²) in [5, 5.41) is 2.74. The van der Waals surface area contributed by atoms with Crippen LogP contribution in [-0.4, -0.2) is 16.7 Å². The zero-order valence-electron chi connectivity index (χ0n) is 20.1. The Morgan fingerprint density at radius 2 is 1.74 bits per heavy atom. The summed E-state index contributed by atoms with van der Waals surface area (Å²) in [5.41, 5.74) is -1.40. The van der Waals surface area contributed by atoms with Crippen LogP contribution in [0.4, 0.5) is 22.4 Å². The van der Waals surface area contributed by atoms with Crippen molar-refractivity contribution in [1.82, 2.24) is 9.88 Å². The summed E-state index contributed by atoms with van der Waals surface area (Å²) in [4.78, 5) is 12.8. The fourth-order valence-electron chi connectivity index (χ4n) is 3.63. The molecule has 1 atom stereocenters. The minimum absolute atomic E-state index is 0.0860. The molecule has 1 amide bonds. The number of ether oxygens (including phenoxy) is 1. The van der Waals surface area contributed by atoms with Crippen molar-refractivity contribution in [3.8, 4) is 17.0 Å². The van der Waals surface area contributed by atoms with Gasteiger partial charge >= 0.3 is 12.3 Å². The standard InChI is InChI=1S/C26H27ClF4N2O2/c1-15-21(19-12-11-18(27)13-20(19)28)23(35-24(34)32-16(2)25(3,4)5)33(22(15)26(29,30)31)14-17-9-7-6-8-10-17/h6-13,16H,14H2,1-5H3,(H,32,34)/t16-/m1/s1. The summed E-state index contributed by atoms with van der Waals surface area (Å²) in [6.07, 6.45) is -5.74. The molecule has 9 heteroatoms. The third-order valence-electron chi connectivity index (χ3n) is 5.93. The molecule has 0 spiro atoms. The molecule has 3 aromatic rings. The van der Waals surface area contributed by atoms with Gasteiger partial charge in [-0.05, 0) is 48.6 Å². The average molecular weight is 511 g/mol. The van der Waals surface area contributed by atoms with E-state index in [9.17, 15) is 22.4 Å². The van der Waals surface area contributed by atoms with E-state index in [1.54, 1.807) is 37.3 Å². The Morgan fingerprint density at radius 3 is 2.29 bits per heavy atom. The Morgan fingerprint density at radius 1 is 1.11 bits per heavy atom. The molecule has 0 saturated heterocycles. The van der Waals surface area contributed by atoms with Gasteiger partial charge in [0.2, 0.25) is 5.88 Å². The molecular weight excluding hydrogens is 484 g/mol. The van der Waals surface area contributed by atoms with Crippen molar-refractivity contribution in [1.29, 1.82) is 0 Å². The summed E-state index contributed by atoms with van der Waals surface area (Å²) in [7, 11) is 0. The number of benzene rings is 2. The fraction of sp³-hybridized carbons (Fsp3) is 0.346. The Kier molecular flexibility index (Phi) is 7.55. The van der Waals surface area contributed by atoms with Crippen LogP contribution >= 0.6 is 11.6 Å². The summed E-state index contributed by atoms with van der Waals surface area (Å²) in [6.45, 7) is 8.44. The maximum atomic E-state index is 14.9. The van der Waals surface area contributed by atoms with Gasteiger partial charge in [-0.3, -0.25) is 0 Å². The van der Waals surface area contributed by atoms with Gasteiger partial charge < -0.3 is 14.6 Å². The quantitative estimate of drug-likeness (QED) is 0.355. The van der Waals surface area contributed by atoms with Gasteiger partial charge in [-0.1, -0.05) is 62.7 Å². The minimum atomic E-state index is -4.80. The molecule has 0 aliphatic carbocycles. The van der Waals surface area contributed by atoms with Crippen LogP contribution in [0.25, 0.3) is 11.1 Å². The van der Waals surface area contributed by atoms with Crippen LogP contribution in [0.2, 0.25) is 5.02 Å². The minimum Gasteiger partial charge on any atom is -0.392 e. The van der Waals surface area contributed by atoms with E-state index >= 15 is 0 Å². The van der Waals surface area contributed by atoms with Gasteiger partial charge in [0.15, 0.2) is 0 Å². The van der Waals surface area contributed by atoms with Crippen molar-refractivity contribution in [2.24, 2.45) is 5.41 Å². The first kappa shape index (κ1) is 26.6. The summed E-state index contributed by atoms with van der Waals surface area (Å²) in [5.74, 6) is -1.24. The number of amides is 1. The van der Waals surface area contributed by atoms with Gasteiger partial charge in [0.05, 0.1) is 12.1 Å². The zero-order chi connectivity index (χ0) is 26.1. The van der Waals surface area contributed by atoms with Crippen molar-refractivity contribution in [3.05, 3.63) is 76.2 Å². The van der Waals surface area contributed by atoms with Crippen LogP contribution in [0.15, 0.2) is 48.5 Å². The third-order valence-corrected chi connectivity index (χ3v) is 6.17. The first-order valence-electron chi connectivity index (χ1n) is 11.0. The lowest BCUT2D eigenvalue weighted by Gasteiger charge is -2.27. The van der Waals surface area contributed by atoms with E-state index < -0.39 is 29.7 Å². The average Bonchev–Trinajstić information content (AvgIpc) is 2.99. The van der Waals surface area contributed by atoms with E-state index in [1.807, 2.05) is 20.8 Å². The highest BCUT2D eigenvalue weighted by Crippen LogP contribution is 2.46. The second kappa shape index (κ2) is 9.93. The number of alkyl halides is 3. The molecular formula is C26H27ClF4N2O2. The second-order valence-corrected chi connectivity index (χ2v) is 9.91. The van der Waals surface area contributed by atoms with Gasteiger partial charge in [0.1, 0.15) is 11.5 Å². The topological polar surface area (TPSA) is 43.3 Å². The second-order valence-electron chi connectivity index (χ2n) is 9.47. The normalized spacial score (nSPS) is 13.0. The summed E-state index contributed by atoms with van der Waals surface area (Å²) >= 11 is 5.86. The van der Waals surface area contributed by atoms with Gasteiger partial charge in [-0.2, -0.15) is 13.2 Å². The van der Waals surface area contributed by atoms with Gasteiger partial charge in [0, 0.05) is 16.6 Å². The highest BCUT2D eigenvalue weighted by molar-refractivity contribution is 6.30. The summed E-state index contributed by atoms with van der Waals surface area (Å²) < 4.78 is 64.2. The zero-order valence-corrected chi connectivity index (χ0v) is 20.8. The molecule has 1 aromatic heterocycles. The van der Waals surface area contributed by atoms with Crippen LogP contribution in [-0.2, 0) is 12.7 Å². The highest BCUT2D eigenvalue weighted by atomic mass is 35.5. The van der Waals surface area contributed by atoms with Gasteiger partial charge in [0.25, 0.3) is 0 Å². The van der Waals surface area contributed by atoms with Crippen molar-refractivity contribution < 1.29 is 27.1 Å². The molecule has 0 saturated carbocycles. The van der Waals surface area contributed by atoms with Gasteiger partial charge in [-0.15, -0.1) is 0 Å². The predicted octanol–water partition coefficient (Wildman–Crippen LogP) is 7.85. The van der Waals surface area contributed by atoms with Crippen molar-refractivity contribution in [2.75, 3.05) is 0 Å². The predicted molar refractivity (Wildman–Crippen MR) is 128 cm³/mol. The lowest BCUT2D eigenvalue weighted by Crippen LogP contribution is -2.43. The van der Waals surface area contributed by atoms with E-state index in [1.165, 1.54) is 19.1 Å². The molecule has 4 nitrogen and oxygen atoms in total. The maximum absolute atomic E-state index is 14.9. The first-order chi connectivity index (χ1) is 16.2. The maximum Gasteiger partial charge on any atom is 0.431 e. The molecule has 188 valence electrons. The van der Waals surface area contributed by atoms with Gasteiger partial charge in [-0.25, -0.2) is 9.18 Å². The van der Waals surface area contributed by atoms with Crippen molar-refractivity contribution in [2.45, 2.75) is 53.4 Å². The molecule has 0 aliphatic rings. The number of hydrogen-bond donors (Lipinski definition) is 1. The van der Waals surface area contributed by atoms with Crippen molar-refractivity contribution >= 4 is 17.7 Å². The largest absolute Gasteiger partial charge is 0.431 e. The molecule has 0 fully saturated rings. The Hall–Kier alpha value is -3.00.